The Morgan fingerprint density at radius 2 is 1.15 bits per heavy atom. The first kappa shape index (κ1) is 23.0. The van der Waals surface area contributed by atoms with Crippen molar-refractivity contribution in [2.45, 2.75) is 6.92 Å². The molecule has 0 aromatic heterocycles. The van der Waals surface area contributed by atoms with Gasteiger partial charge in [0.25, 0.3) is 0 Å². The number of aryl methyl sites for hydroxylation is 1. The summed E-state index contributed by atoms with van der Waals surface area (Å²) in [7, 11) is 0. The van der Waals surface area contributed by atoms with E-state index < -0.39 is 5.43 Å². The molecule has 130 valence electrons. The Labute approximate surface area is 183 Å². The topological polar surface area (TPSA) is 0 Å². The standard InChI is InChI=1S/C12H10Si.C10H9.2ClH.Zr/c1-3-7-11(8-4-1)13-12-9-5-2-6-10-12;1-8-6-9-4-2-3-5-10(9)7-8;;;/h1-10H;2-7H,1H3;2*1H;/q;-1;;;+2/p-2. The number of benzene rings is 3. The molecule has 4 aromatic rings. The van der Waals surface area contributed by atoms with E-state index >= 15 is 0 Å². The third kappa shape index (κ3) is 6.28. The summed E-state index contributed by atoms with van der Waals surface area (Å²) in [6, 6.07) is 34.5. The van der Waals surface area contributed by atoms with Gasteiger partial charge in [0.05, 0.1) is 0 Å². The quantitative estimate of drug-likeness (QED) is 0.239. The van der Waals surface area contributed by atoms with Crippen LogP contribution in [0.15, 0.2) is 97.1 Å². The molecule has 0 radical (unpaired) electrons. The first-order chi connectivity index (χ1) is 11.7. The number of halogens is 2. The predicted octanol–water partition coefficient (Wildman–Crippen LogP) is -1.79. The fraction of sp³-hybridized carbons (Fsp3) is 0.0455. The Hall–Kier alpha value is -1.05. The molecule has 0 unspecified atom stereocenters. The van der Waals surface area contributed by atoms with Crippen LogP contribution < -0.4 is 35.2 Å². The van der Waals surface area contributed by atoms with Crippen LogP contribution in [0.3, 0.4) is 0 Å². The van der Waals surface area contributed by atoms with E-state index in [1.807, 2.05) is 0 Å². The first-order valence-electron chi connectivity index (χ1n) is 8.05. The molecule has 4 aromatic carbocycles. The Balaban J connectivity index is 0.000000252. The minimum atomic E-state index is -0.455. The predicted molar refractivity (Wildman–Crippen MR) is 102 cm³/mol. The Bertz CT molecular complexity index is 859. The molecular weight excluding hydrogens is 454 g/mol. The molecule has 0 saturated carbocycles. The number of fused-ring (bicyclic) bond motifs is 1. The SMILES string of the molecule is Cc1cc2ccccc2[cH-]1.[Cl-].[Cl-].[Zr+2]=[Si](c1ccccc1)c1ccccc1. The van der Waals surface area contributed by atoms with Crippen LogP contribution in [0.5, 0.6) is 0 Å². The summed E-state index contributed by atoms with van der Waals surface area (Å²) in [6.07, 6.45) is 0. The van der Waals surface area contributed by atoms with Crippen molar-refractivity contribution < 1.29 is 48.1 Å². The van der Waals surface area contributed by atoms with Crippen LogP contribution in [0, 0.1) is 6.92 Å². The van der Waals surface area contributed by atoms with E-state index in [0.717, 1.165) is 0 Å². The van der Waals surface area contributed by atoms with Gasteiger partial charge in [-0.15, -0.1) is 40.6 Å². The van der Waals surface area contributed by atoms with Crippen LogP contribution in [0.1, 0.15) is 5.56 Å². The molecule has 0 aliphatic heterocycles. The molecule has 0 fully saturated rings. The molecule has 0 aliphatic carbocycles. The van der Waals surface area contributed by atoms with Gasteiger partial charge in [0.15, 0.2) is 0 Å². The zero-order valence-electron chi connectivity index (χ0n) is 14.5. The molecule has 4 rings (SSSR count). The minimum absolute atomic E-state index is 0. The molecular formula is C22H19Cl2SiZr-. The molecule has 0 saturated heterocycles. The molecule has 0 atom stereocenters. The zero-order valence-corrected chi connectivity index (χ0v) is 19.5. The fourth-order valence-electron chi connectivity index (χ4n) is 2.68. The van der Waals surface area contributed by atoms with Gasteiger partial charge in [0.2, 0.25) is 0 Å². The van der Waals surface area contributed by atoms with Crippen molar-refractivity contribution in [3.63, 3.8) is 0 Å². The second-order valence-electron chi connectivity index (χ2n) is 5.77. The van der Waals surface area contributed by atoms with E-state index in [9.17, 15) is 0 Å². The van der Waals surface area contributed by atoms with Crippen molar-refractivity contribution in [3.8, 4) is 0 Å². The van der Waals surface area contributed by atoms with Crippen LogP contribution in [0.4, 0.5) is 0 Å². The Morgan fingerprint density at radius 1 is 0.692 bits per heavy atom. The summed E-state index contributed by atoms with van der Waals surface area (Å²) < 4.78 is 0. The molecule has 4 heteroatoms. The van der Waals surface area contributed by atoms with Crippen LogP contribution in [0.25, 0.3) is 10.8 Å². The summed E-state index contributed by atoms with van der Waals surface area (Å²) >= 11 is 1.64. The summed E-state index contributed by atoms with van der Waals surface area (Å²) in [5.41, 5.74) is 0.894. The maximum absolute atomic E-state index is 2.25. The maximum atomic E-state index is 2.25. The third-order valence-corrected chi connectivity index (χ3v) is 9.97. The van der Waals surface area contributed by atoms with Crippen LogP contribution >= 0.6 is 0 Å². The molecule has 0 heterocycles. The van der Waals surface area contributed by atoms with Crippen molar-refractivity contribution >= 4 is 26.6 Å². The van der Waals surface area contributed by atoms with Crippen molar-refractivity contribution in [2.75, 3.05) is 0 Å². The summed E-state index contributed by atoms with van der Waals surface area (Å²) in [5.74, 6) is 0. The van der Waals surface area contributed by atoms with Gasteiger partial charge in [-0.25, -0.2) is 0 Å². The van der Waals surface area contributed by atoms with Gasteiger partial charge >= 0.3 is 99.8 Å². The normalized spacial score (nSPS) is 9.35. The van der Waals surface area contributed by atoms with Gasteiger partial charge in [-0.3, -0.25) is 0 Å². The Kier molecular flexibility index (Phi) is 10.3. The van der Waals surface area contributed by atoms with Crippen LogP contribution in [-0.4, -0.2) is 5.43 Å². The fourth-order valence-corrected chi connectivity index (χ4v) is 6.53. The monoisotopic (exact) mass is 471 g/mol. The molecule has 0 amide bonds. The molecule has 0 nitrogen and oxygen atoms in total. The second-order valence-corrected chi connectivity index (χ2v) is 11.4. The van der Waals surface area contributed by atoms with Crippen molar-refractivity contribution in [1.29, 1.82) is 0 Å². The summed E-state index contributed by atoms with van der Waals surface area (Å²) in [4.78, 5) is 0. The third-order valence-electron chi connectivity index (χ3n) is 3.89. The van der Waals surface area contributed by atoms with E-state index in [1.54, 1.807) is 23.3 Å². The zero-order chi connectivity index (χ0) is 16.8. The molecule has 0 aliphatic rings. The van der Waals surface area contributed by atoms with Gasteiger partial charge in [0, 0.05) is 0 Å². The number of hydrogen-bond donors (Lipinski definition) is 0. The summed E-state index contributed by atoms with van der Waals surface area (Å²) in [6.45, 7) is 2.12. The average Bonchev–Trinajstić information content (AvgIpc) is 3.03. The number of hydrogen-bond acceptors (Lipinski definition) is 0. The van der Waals surface area contributed by atoms with Crippen LogP contribution in [0.2, 0.25) is 0 Å². The molecule has 0 spiro atoms. The Morgan fingerprint density at radius 3 is 1.65 bits per heavy atom. The number of rotatable bonds is 2. The van der Waals surface area contributed by atoms with Crippen molar-refractivity contribution in [2.24, 2.45) is 0 Å². The van der Waals surface area contributed by atoms with E-state index in [4.69, 9.17) is 0 Å². The molecule has 0 N–H and O–H groups in total. The average molecular weight is 474 g/mol. The van der Waals surface area contributed by atoms with E-state index in [1.165, 1.54) is 26.7 Å². The first-order valence-corrected chi connectivity index (χ1v) is 13.2. The van der Waals surface area contributed by atoms with E-state index in [0.29, 0.717) is 0 Å². The van der Waals surface area contributed by atoms with Gasteiger partial charge in [-0.05, 0) is 0 Å². The molecule has 26 heavy (non-hydrogen) atoms. The van der Waals surface area contributed by atoms with Gasteiger partial charge < -0.3 is 24.8 Å². The van der Waals surface area contributed by atoms with Crippen molar-refractivity contribution in [1.82, 2.24) is 0 Å². The van der Waals surface area contributed by atoms with Gasteiger partial charge in [0.1, 0.15) is 0 Å². The van der Waals surface area contributed by atoms with E-state index in [2.05, 4.69) is 104 Å². The van der Waals surface area contributed by atoms with Crippen LogP contribution in [-0.2, 0) is 23.3 Å². The second kappa shape index (κ2) is 11.6. The van der Waals surface area contributed by atoms with Gasteiger partial charge in [-0.1, -0.05) is 13.0 Å². The van der Waals surface area contributed by atoms with Crippen molar-refractivity contribution in [3.05, 3.63) is 103 Å². The van der Waals surface area contributed by atoms with E-state index in [-0.39, 0.29) is 24.8 Å². The summed E-state index contributed by atoms with van der Waals surface area (Å²) in [5, 5.41) is 5.73. The van der Waals surface area contributed by atoms with Gasteiger partial charge in [-0.2, -0.15) is 6.07 Å². The molecule has 0 bridgehead atoms.